The van der Waals surface area contributed by atoms with Crippen LogP contribution in [0.2, 0.25) is 0 Å². The van der Waals surface area contributed by atoms with Crippen molar-refractivity contribution in [2.75, 3.05) is 13.1 Å². The lowest BCUT2D eigenvalue weighted by Gasteiger charge is -2.26. The normalized spacial score (nSPS) is 19.1. The average molecular weight is 169 g/mol. The Morgan fingerprint density at radius 3 is 2.67 bits per heavy atom. The molecular formula is C9H17N2O. The Morgan fingerprint density at radius 2 is 2.08 bits per heavy atom. The Balaban J connectivity index is 2.15. The minimum Gasteiger partial charge on any atom is -0.289 e. The molecular weight excluding hydrogens is 152 g/mol. The second-order valence-corrected chi connectivity index (χ2v) is 3.14. The van der Waals surface area contributed by atoms with E-state index in [0.29, 0.717) is 0 Å². The second kappa shape index (κ2) is 5.14. The molecule has 12 heavy (non-hydrogen) atoms. The van der Waals surface area contributed by atoms with Crippen LogP contribution in [0, 0.1) is 6.42 Å². The first-order chi connectivity index (χ1) is 5.83. The van der Waals surface area contributed by atoms with Gasteiger partial charge in [0.2, 0.25) is 5.91 Å². The fourth-order valence-corrected chi connectivity index (χ4v) is 1.39. The van der Waals surface area contributed by atoms with Gasteiger partial charge in [-0.15, -0.1) is 0 Å². The molecule has 3 heteroatoms. The zero-order valence-corrected chi connectivity index (χ0v) is 7.68. The number of rotatable bonds is 3. The second-order valence-electron chi connectivity index (χ2n) is 3.14. The molecule has 0 aromatic rings. The number of amides is 1. The monoisotopic (exact) mass is 169 g/mol. The van der Waals surface area contributed by atoms with Crippen LogP contribution in [-0.2, 0) is 4.79 Å². The third-order valence-corrected chi connectivity index (χ3v) is 2.01. The third kappa shape index (κ3) is 3.22. The van der Waals surface area contributed by atoms with Crippen molar-refractivity contribution in [2.24, 2.45) is 0 Å². The molecule has 1 amide bonds. The molecule has 0 aromatic carbocycles. The average Bonchev–Trinajstić information content (AvgIpc) is 2.06. The van der Waals surface area contributed by atoms with E-state index in [0.717, 1.165) is 19.5 Å². The van der Waals surface area contributed by atoms with E-state index in [-0.39, 0.29) is 5.91 Å². The number of hydrogen-bond acceptors (Lipinski definition) is 2. The molecule has 0 saturated carbocycles. The highest BCUT2D eigenvalue weighted by Crippen LogP contribution is 2.05. The fraction of sp³-hybridized carbons (Fsp3) is 0.778. The van der Waals surface area contributed by atoms with Crippen molar-refractivity contribution in [3.8, 4) is 0 Å². The summed E-state index contributed by atoms with van der Waals surface area (Å²) in [6.45, 7) is 3.97. The molecule has 1 saturated heterocycles. The number of nitrogens with one attached hydrogen (secondary N) is 1. The minimum absolute atomic E-state index is 0.0411. The maximum absolute atomic E-state index is 11.1. The smallest absolute Gasteiger partial charge is 0.238 e. The molecule has 1 aliphatic heterocycles. The van der Waals surface area contributed by atoms with Gasteiger partial charge in [0.25, 0.3) is 0 Å². The lowest BCUT2D eigenvalue weighted by molar-refractivity contribution is -0.123. The summed E-state index contributed by atoms with van der Waals surface area (Å²) in [6, 6.07) is 0. The van der Waals surface area contributed by atoms with Crippen molar-refractivity contribution in [3.05, 3.63) is 6.42 Å². The number of nitrogens with zero attached hydrogens (tertiary/aromatic N) is 1. The molecule has 0 aromatic heterocycles. The van der Waals surface area contributed by atoms with Crippen molar-refractivity contribution in [3.63, 3.8) is 0 Å². The summed E-state index contributed by atoms with van der Waals surface area (Å²) < 4.78 is 0. The number of carbonyl (C=O) groups is 1. The predicted molar refractivity (Wildman–Crippen MR) is 48.2 cm³/mol. The zero-order chi connectivity index (χ0) is 8.81. The van der Waals surface area contributed by atoms with Crippen LogP contribution in [0.3, 0.4) is 0 Å². The Labute approximate surface area is 74.1 Å². The van der Waals surface area contributed by atoms with Gasteiger partial charge in [0.05, 0.1) is 6.42 Å². The summed E-state index contributed by atoms with van der Waals surface area (Å²) >= 11 is 0. The Morgan fingerprint density at radius 1 is 1.42 bits per heavy atom. The molecule has 3 nitrogen and oxygen atoms in total. The van der Waals surface area contributed by atoms with Gasteiger partial charge >= 0.3 is 0 Å². The number of hydrogen-bond donors (Lipinski definition) is 1. The van der Waals surface area contributed by atoms with Crippen LogP contribution in [0.15, 0.2) is 0 Å². The van der Waals surface area contributed by atoms with E-state index in [4.69, 9.17) is 0 Å². The fourth-order valence-electron chi connectivity index (χ4n) is 1.39. The van der Waals surface area contributed by atoms with Gasteiger partial charge in [-0.1, -0.05) is 13.3 Å². The molecule has 0 aliphatic carbocycles. The largest absolute Gasteiger partial charge is 0.289 e. The number of piperidine rings is 1. The third-order valence-electron chi connectivity index (χ3n) is 2.01. The van der Waals surface area contributed by atoms with Gasteiger partial charge in [0.1, 0.15) is 0 Å². The van der Waals surface area contributed by atoms with Gasteiger partial charge in [0.15, 0.2) is 0 Å². The standard InChI is InChI=1S/C9H17N2O/c1-2-6-9(12)10-11-7-4-3-5-8-11/h6H,2-5,7-8H2,1H3,(H,10,12). The molecule has 1 aliphatic rings. The maximum Gasteiger partial charge on any atom is 0.238 e. The van der Waals surface area contributed by atoms with E-state index in [2.05, 4.69) is 5.43 Å². The van der Waals surface area contributed by atoms with Crippen molar-refractivity contribution >= 4 is 5.91 Å². The van der Waals surface area contributed by atoms with Gasteiger partial charge in [-0.3, -0.25) is 10.2 Å². The minimum atomic E-state index is 0.0411. The van der Waals surface area contributed by atoms with Crippen LogP contribution in [0.4, 0.5) is 0 Å². The molecule has 69 valence electrons. The van der Waals surface area contributed by atoms with E-state index in [1.54, 1.807) is 6.42 Å². The van der Waals surface area contributed by atoms with Gasteiger partial charge in [-0.2, -0.15) is 0 Å². The highest BCUT2D eigenvalue weighted by molar-refractivity contribution is 5.83. The lowest BCUT2D eigenvalue weighted by atomic mass is 10.2. The first-order valence-electron chi connectivity index (χ1n) is 4.71. The van der Waals surface area contributed by atoms with Crippen LogP contribution in [-0.4, -0.2) is 24.0 Å². The van der Waals surface area contributed by atoms with E-state index in [1.165, 1.54) is 19.3 Å². The summed E-state index contributed by atoms with van der Waals surface area (Å²) in [6.07, 6.45) is 6.18. The Hall–Kier alpha value is -0.570. The lowest BCUT2D eigenvalue weighted by Crippen LogP contribution is -2.45. The highest BCUT2D eigenvalue weighted by Gasteiger charge is 2.11. The number of carbonyl (C=O) groups excluding carboxylic acids is 1. The van der Waals surface area contributed by atoms with Gasteiger partial charge in [-0.05, 0) is 19.3 Å². The number of hydrazine groups is 1. The summed E-state index contributed by atoms with van der Waals surface area (Å²) in [5.41, 5.74) is 2.86. The molecule has 0 atom stereocenters. The van der Waals surface area contributed by atoms with Gasteiger partial charge < -0.3 is 0 Å². The topological polar surface area (TPSA) is 32.3 Å². The SMILES string of the molecule is CC[CH]C(=O)NN1CCCCC1. The Kier molecular flexibility index (Phi) is 4.08. The van der Waals surface area contributed by atoms with E-state index >= 15 is 0 Å². The maximum atomic E-state index is 11.1. The van der Waals surface area contributed by atoms with Crippen LogP contribution >= 0.6 is 0 Å². The molecule has 1 rings (SSSR count). The van der Waals surface area contributed by atoms with Crippen LogP contribution in [0.5, 0.6) is 0 Å². The van der Waals surface area contributed by atoms with Crippen molar-refractivity contribution in [1.82, 2.24) is 10.4 Å². The Bertz CT molecular complexity index is 141. The van der Waals surface area contributed by atoms with Crippen molar-refractivity contribution < 1.29 is 4.79 Å². The van der Waals surface area contributed by atoms with E-state index < -0.39 is 0 Å². The molecule has 1 N–H and O–H groups in total. The van der Waals surface area contributed by atoms with Crippen LogP contribution in [0.25, 0.3) is 0 Å². The predicted octanol–water partition coefficient (Wildman–Crippen LogP) is 1.12. The van der Waals surface area contributed by atoms with Gasteiger partial charge in [0, 0.05) is 13.1 Å². The van der Waals surface area contributed by atoms with E-state index in [1.807, 2.05) is 11.9 Å². The summed E-state index contributed by atoms with van der Waals surface area (Å²) in [4.78, 5) is 11.1. The molecule has 1 radical (unpaired) electrons. The van der Waals surface area contributed by atoms with Crippen molar-refractivity contribution in [1.29, 1.82) is 0 Å². The molecule has 0 spiro atoms. The summed E-state index contributed by atoms with van der Waals surface area (Å²) in [7, 11) is 0. The zero-order valence-electron chi connectivity index (χ0n) is 7.68. The van der Waals surface area contributed by atoms with Crippen LogP contribution in [0.1, 0.15) is 32.6 Å². The first kappa shape index (κ1) is 9.52. The van der Waals surface area contributed by atoms with Gasteiger partial charge in [-0.25, -0.2) is 5.01 Å². The molecule has 0 unspecified atom stereocenters. The summed E-state index contributed by atoms with van der Waals surface area (Å²) in [5.74, 6) is 0.0411. The molecule has 1 fully saturated rings. The van der Waals surface area contributed by atoms with Crippen LogP contribution < -0.4 is 5.43 Å². The summed E-state index contributed by atoms with van der Waals surface area (Å²) in [5, 5.41) is 2.01. The van der Waals surface area contributed by atoms with E-state index in [9.17, 15) is 4.79 Å². The molecule has 1 heterocycles. The first-order valence-corrected chi connectivity index (χ1v) is 4.71. The quantitative estimate of drug-likeness (QED) is 0.686. The van der Waals surface area contributed by atoms with Crippen molar-refractivity contribution in [2.45, 2.75) is 32.6 Å². The highest BCUT2D eigenvalue weighted by atomic mass is 16.2. The molecule has 0 bridgehead atoms.